The van der Waals surface area contributed by atoms with Crippen LogP contribution in [0.25, 0.3) is 0 Å². The van der Waals surface area contributed by atoms with Gasteiger partial charge < -0.3 is 15.0 Å². The fraction of sp³-hybridized carbons (Fsp3) is 0.500. The standard InChI is InChI=1S/C10H16N2O2/c1-14-8-7-12-10(13)5-4-9-3-2-6-11-9/h2-3,6,11H,4-5,7-8H2,1H3,(H,12,13). The molecule has 0 aliphatic carbocycles. The lowest BCUT2D eigenvalue weighted by molar-refractivity contribution is -0.121. The summed E-state index contributed by atoms with van der Waals surface area (Å²) in [6.45, 7) is 1.15. The van der Waals surface area contributed by atoms with Crippen molar-refractivity contribution < 1.29 is 9.53 Å². The van der Waals surface area contributed by atoms with Crippen LogP contribution in [-0.4, -0.2) is 31.2 Å². The van der Waals surface area contributed by atoms with E-state index in [1.807, 2.05) is 18.3 Å². The van der Waals surface area contributed by atoms with Gasteiger partial charge in [-0.15, -0.1) is 0 Å². The van der Waals surface area contributed by atoms with Crippen LogP contribution in [0.3, 0.4) is 0 Å². The van der Waals surface area contributed by atoms with Gasteiger partial charge in [0.25, 0.3) is 0 Å². The molecule has 0 atom stereocenters. The van der Waals surface area contributed by atoms with E-state index in [9.17, 15) is 4.79 Å². The first-order valence-corrected chi connectivity index (χ1v) is 4.71. The predicted octanol–water partition coefficient (Wildman–Crippen LogP) is 0.710. The fourth-order valence-corrected chi connectivity index (χ4v) is 1.15. The van der Waals surface area contributed by atoms with Crippen molar-refractivity contribution in [2.45, 2.75) is 12.8 Å². The van der Waals surface area contributed by atoms with E-state index in [0.717, 1.165) is 12.1 Å². The summed E-state index contributed by atoms with van der Waals surface area (Å²) in [5.41, 5.74) is 1.09. The van der Waals surface area contributed by atoms with E-state index in [-0.39, 0.29) is 5.91 Å². The van der Waals surface area contributed by atoms with Crippen LogP contribution in [0.5, 0.6) is 0 Å². The normalized spacial score (nSPS) is 10.1. The first-order valence-electron chi connectivity index (χ1n) is 4.71. The molecule has 0 aliphatic rings. The third kappa shape index (κ3) is 4.09. The van der Waals surface area contributed by atoms with Crippen LogP contribution < -0.4 is 5.32 Å². The highest BCUT2D eigenvalue weighted by Gasteiger charge is 2.01. The van der Waals surface area contributed by atoms with Gasteiger partial charge in [0.05, 0.1) is 6.61 Å². The molecule has 0 bridgehead atoms. The third-order valence-electron chi connectivity index (χ3n) is 1.91. The van der Waals surface area contributed by atoms with Gasteiger partial charge in [-0.2, -0.15) is 0 Å². The van der Waals surface area contributed by atoms with Crippen molar-refractivity contribution >= 4 is 5.91 Å². The van der Waals surface area contributed by atoms with E-state index in [0.29, 0.717) is 19.6 Å². The first kappa shape index (κ1) is 10.8. The number of hydrogen-bond acceptors (Lipinski definition) is 2. The number of hydrogen-bond donors (Lipinski definition) is 2. The highest BCUT2D eigenvalue weighted by molar-refractivity contribution is 5.76. The van der Waals surface area contributed by atoms with E-state index in [1.54, 1.807) is 7.11 Å². The average Bonchev–Trinajstić information content (AvgIpc) is 2.68. The second-order valence-electron chi connectivity index (χ2n) is 3.04. The summed E-state index contributed by atoms with van der Waals surface area (Å²) in [5.74, 6) is 0.0663. The molecule has 0 spiro atoms. The maximum Gasteiger partial charge on any atom is 0.220 e. The van der Waals surface area contributed by atoms with Gasteiger partial charge in [0.15, 0.2) is 0 Å². The molecule has 1 rings (SSSR count). The summed E-state index contributed by atoms with van der Waals surface area (Å²) in [6.07, 6.45) is 3.13. The Bertz CT molecular complexity index is 257. The molecule has 78 valence electrons. The quantitative estimate of drug-likeness (QED) is 0.658. The monoisotopic (exact) mass is 196 g/mol. The molecular formula is C10H16N2O2. The Kier molecular flexibility index (Phi) is 4.78. The van der Waals surface area contributed by atoms with Crippen molar-refractivity contribution in [3.8, 4) is 0 Å². The zero-order valence-corrected chi connectivity index (χ0v) is 8.38. The molecular weight excluding hydrogens is 180 g/mol. The number of amides is 1. The summed E-state index contributed by atoms with van der Waals surface area (Å²) in [5, 5.41) is 2.77. The number of aromatic nitrogens is 1. The largest absolute Gasteiger partial charge is 0.383 e. The highest BCUT2D eigenvalue weighted by Crippen LogP contribution is 1.98. The smallest absolute Gasteiger partial charge is 0.220 e. The molecule has 4 heteroatoms. The fourth-order valence-electron chi connectivity index (χ4n) is 1.15. The molecule has 14 heavy (non-hydrogen) atoms. The molecule has 4 nitrogen and oxygen atoms in total. The number of rotatable bonds is 6. The minimum absolute atomic E-state index is 0.0663. The summed E-state index contributed by atoms with van der Waals surface area (Å²) in [6, 6.07) is 3.90. The zero-order valence-electron chi connectivity index (χ0n) is 8.38. The maximum absolute atomic E-state index is 11.2. The molecule has 1 heterocycles. The molecule has 0 saturated heterocycles. The van der Waals surface area contributed by atoms with Crippen molar-refractivity contribution in [3.63, 3.8) is 0 Å². The average molecular weight is 196 g/mol. The highest BCUT2D eigenvalue weighted by atomic mass is 16.5. The van der Waals surface area contributed by atoms with Crippen molar-refractivity contribution in [3.05, 3.63) is 24.0 Å². The Hall–Kier alpha value is -1.29. The Labute approximate surface area is 83.7 Å². The lowest BCUT2D eigenvalue weighted by Gasteiger charge is -2.03. The summed E-state index contributed by atoms with van der Waals surface area (Å²) in [7, 11) is 1.62. The molecule has 0 fully saturated rings. The summed E-state index contributed by atoms with van der Waals surface area (Å²) in [4.78, 5) is 14.3. The third-order valence-corrected chi connectivity index (χ3v) is 1.91. The number of methoxy groups -OCH3 is 1. The van der Waals surface area contributed by atoms with Crippen LogP contribution in [0.15, 0.2) is 18.3 Å². The van der Waals surface area contributed by atoms with Crippen LogP contribution in [0.4, 0.5) is 0 Å². The van der Waals surface area contributed by atoms with Crippen LogP contribution in [0.2, 0.25) is 0 Å². The number of nitrogens with one attached hydrogen (secondary N) is 2. The summed E-state index contributed by atoms with van der Waals surface area (Å²) < 4.78 is 4.82. The van der Waals surface area contributed by atoms with E-state index in [2.05, 4.69) is 10.3 Å². The Morgan fingerprint density at radius 1 is 1.64 bits per heavy atom. The molecule has 0 aliphatic heterocycles. The van der Waals surface area contributed by atoms with Crippen LogP contribution in [0.1, 0.15) is 12.1 Å². The Morgan fingerprint density at radius 2 is 2.50 bits per heavy atom. The maximum atomic E-state index is 11.2. The number of H-pyrrole nitrogens is 1. The lowest BCUT2D eigenvalue weighted by Crippen LogP contribution is -2.27. The van der Waals surface area contributed by atoms with Crippen LogP contribution in [0, 0.1) is 0 Å². The van der Waals surface area contributed by atoms with Gasteiger partial charge in [-0.1, -0.05) is 0 Å². The number of carbonyl (C=O) groups is 1. The first-order chi connectivity index (χ1) is 6.83. The van der Waals surface area contributed by atoms with Crippen molar-refractivity contribution in [2.24, 2.45) is 0 Å². The van der Waals surface area contributed by atoms with Gasteiger partial charge in [0.2, 0.25) is 5.91 Å². The number of carbonyl (C=O) groups excluding carboxylic acids is 1. The second-order valence-corrected chi connectivity index (χ2v) is 3.04. The molecule has 1 amide bonds. The van der Waals surface area contributed by atoms with E-state index < -0.39 is 0 Å². The zero-order chi connectivity index (χ0) is 10.2. The van der Waals surface area contributed by atoms with Crippen molar-refractivity contribution in [1.82, 2.24) is 10.3 Å². The van der Waals surface area contributed by atoms with E-state index >= 15 is 0 Å². The number of ether oxygens (including phenoxy) is 1. The molecule has 0 aromatic carbocycles. The topological polar surface area (TPSA) is 54.1 Å². The minimum Gasteiger partial charge on any atom is -0.383 e. The molecule has 0 radical (unpaired) electrons. The molecule has 0 unspecified atom stereocenters. The summed E-state index contributed by atoms with van der Waals surface area (Å²) >= 11 is 0. The number of aryl methyl sites for hydroxylation is 1. The molecule has 1 aromatic rings. The second kappa shape index (κ2) is 6.21. The van der Waals surface area contributed by atoms with Crippen LogP contribution in [-0.2, 0) is 16.0 Å². The molecule has 2 N–H and O–H groups in total. The molecule has 0 saturated carbocycles. The van der Waals surface area contributed by atoms with E-state index in [1.165, 1.54) is 0 Å². The van der Waals surface area contributed by atoms with Gasteiger partial charge in [0, 0.05) is 32.0 Å². The minimum atomic E-state index is 0.0663. The van der Waals surface area contributed by atoms with Gasteiger partial charge in [-0.25, -0.2) is 0 Å². The SMILES string of the molecule is COCCNC(=O)CCc1ccc[nH]1. The van der Waals surface area contributed by atoms with Gasteiger partial charge in [-0.3, -0.25) is 4.79 Å². The lowest BCUT2D eigenvalue weighted by atomic mass is 10.2. The number of aromatic amines is 1. The van der Waals surface area contributed by atoms with E-state index in [4.69, 9.17) is 4.74 Å². The van der Waals surface area contributed by atoms with Gasteiger partial charge in [-0.05, 0) is 18.6 Å². The Morgan fingerprint density at radius 3 is 3.14 bits per heavy atom. The van der Waals surface area contributed by atoms with Gasteiger partial charge in [0.1, 0.15) is 0 Å². The Balaban J connectivity index is 2.09. The van der Waals surface area contributed by atoms with Crippen LogP contribution >= 0.6 is 0 Å². The van der Waals surface area contributed by atoms with Crippen molar-refractivity contribution in [2.75, 3.05) is 20.3 Å². The van der Waals surface area contributed by atoms with Crippen molar-refractivity contribution in [1.29, 1.82) is 0 Å². The van der Waals surface area contributed by atoms with Gasteiger partial charge >= 0.3 is 0 Å². The predicted molar refractivity (Wildman–Crippen MR) is 54.0 cm³/mol. The molecule has 1 aromatic heterocycles.